The minimum atomic E-state index is -3.60. The van der Waals surface area contributed by atoms with E-state index >= 15 is 0 Å². The van der Waals surface area contributed by atoms with Crippen LogP contribution in [0.5, 0.6) is 0 Å². The van der Waals surface area contributed by atoms with Crippen molar-refractivity contribution < 1.29 is 8.42 Å². The summed E-state index contributed by atoms with van der Waals surface area (Å²) in [6, 6.07) is 3.05. The predicted octanol–water partition coefficient (Wildman–Crippen LogP) is 1.38. The molecular formula is C14H26N4O2S. The Morgan fingerprint density at radius 3 is 2.52 bits per heavy atom. The minimum absolute atomic E-state index is 0.153. The first kappa shape index (κ1) is 17.9. The molecule has 0 aliphatic rings. The van der Waals surface area contributed by atoms with Crippen LogP contribution in [0.25, 0.3) is 0 Å². The van der Waals surface area contributed by atoms with Crippen LogP contribution in [-0.2, 0) is 10.0 Å². The predicted molar refractivity (Wildman–Crippen MR) is 85.9 cm³/mol. The number of nitrogens with one attached hydrogen (secondary N) is 2. The van der Waals surface area contributed by atoms with Crippen molar-refractivity contribution in [1.82, 2.24) is 14.6 Å². The van der Waals surface area contributed by atoms with E-state index in [4.69, 9.17) is 0 Å². The number of anilines is 1. The van der Waals surface area contributed by atoms with Gasteiger partial charge in [0.1, 0.15) is 10.7 Å². The lowest BCUT2D eigenvalue weighted by Gasteiger charge is -2.25. The number of rotatable bonds is 8. The number of nitrogens with zero attached hydrogens (tertiary/aromatic N) is 2. The molecule has 1 aromatic heterocycles. The molecule has 0 aromatic carbocycles. The number of aromatic nitrogens is 1. The lowest BCUT2D eigenvalue weighted by Crippen LogP contribution is -2.45. The van der Waals surface area contributed by atoms with Gasteiger partial charge in [-0.3, -0.25) is 0 Å². The van der Waals surface area contributed by atoms with E-state index in [2.05, 4.69) is 15.0 Å². The summed E-state index contributed by atoms with van der Waals surface area (Å²) in [4.78, 5) is 6.27. The Labute approximate surface area is 128 Å². The van der Waals surface area contributed by atoms with Crippen molar-refractivity contribution in [2.75, 3.05) is 32.5 Å². The molecule has 0 bridgehead atoms. The van der Waals surface area contributed by atoms with Gasteiger partial charge in [-0.05, 0) is 39.1 Å². The van der Waals surface area contributed by atoms with Crippen molar-refractivity contribution >= 4 is 15.8 Å². The Kier molecular flexibility index (Phi) is 6.57. The number of hydrogen-bond acceptors (Lipinski definition) is 5. The zero-order chi connectivity index (χ0) is 16.0. The molecule has 0 saturated heterocycles. The molecule has 1 aromatic rings. The van der Waals surface area contributed by atoms with Crippen LogP contribution in [0, 0.1) is 5.92 Å². The molecule has 0 aliphatic heterocycles. The third-order valence-corrected chi connectivity index (χ3v) is 4.60. The first-order valence-electron chi connectivity index (χ1n) is 7.14. The van der Waals surface area contributed by atoms with Crippen LogP contribution in [0.15, 0.2) is 23.2 Å². The molecule has 21 heavy (non-hydrogen) atoms. The highest BCUT2D eigenvalue weighted by Crippen LogP contribution is 2.19. The molecule has 0 spiro atoms. The summed E-state index contributed by atoms with van der Waals surface area (Å²) in [6.07, 6.45) is 1.58. The fourth-order valence-electron chi connectivity index (χ4n) is 1.95. The molecule has 1 heterocycles. The van der Waals surface area contributed by atoms with E-state index in [1.165, 1.54) is 0 Å². The van der Waals surface area contributed by atoms with Gasteiger partial charge in [0, 0.05) is 25.3 Å². The molecule has 0 saturated carbocycles. The first-order chi connectivity index (χ1) is 9.77. The lowest BCUT2D eigenvalue weighted by molar-refractivity contribution is 0.314. The van der Waals surface area contributed by atoms with E-state index in [1.807, 2.05) is 39.8 Å². The zero-order valence-electron chi connectivity index (χ0n) is 13.4. The standard InChI is InChI=1S/C14H26N4O2S/c1-6-15-14-13(8-7-9-16-14)21(19,20)17-12(11(2)3)10-18(4)5/h7-9,11-12,17H,6,10H2,1-5H3,(H,15,16). The fraction of sp³-hybridized carbons (Fsp3) is 0.643. The van der Waals surface area contributed by atoms with Crippen molar-refractivity contribution in [2.24, 2.45) is 5.92 Å². The smallest absolute Gasteiger partial charge is 0.244 e. The van der Waals surface area contributed by atoms with Gasteiger partial charge in [0.2, 0.25) is 10.0 Å². The summed E-state index contributed by atoms with van der Waals surface area (Å²) in [5.41, 5.74) is 0. The second kappa shape index (κ2) is 7.72. The third kappa shape index (κ3) is 5.26. The van der Waals surface area contributed by atoms with Crippen LogP contribution >= 0.6 is 0 Å². The van der Waals surface area contributed by atoms with E-state index in [-0.39, 0.29) is 16.9 Å². The number of likely N-dealkylation sites (N-methyl/N-ethyl adjacent to an activating group) is 1. The summed E-state index contributed by atoms with van der Waals surface area (Å²) in [6.45, 7) is 7.18. The molecule has 120 valence electrons. The summed E-state index contributed by atoms with van der Waals surface area (Å²) >= 11 is 0. The Bertz CT molecular complexity index is 544. The average molecular weight is 314 g/mol. The highest BCUT2D eigenvalue weighted by Gasteiger charge is 2.25. The van der Waals surface area contributed by atoms with Crippen molar-refractivity contribution in [3.63, 3.8) is 0 Å². The van der Waals surface area contributed by atoms with Crippen LogP contribution in [0.1, 0.15) is 20.8 Å². The maximum atomic E-state index is 12.6. The van der Waals surface area contributed by atoms with E-state index < -0.39 is 10.0 Å². The molecule has 1 unspecified atom stereocenters. The van der Waals surface area contributed by atoms with E-state index in [0.29, 0.717) is 18.9 Å². The molecular weight excluding hydrogens is 288 g/mol. The summed E-state index contributed by atoms with van der Waals surface area (Å²) < 4.78 is 28.0. The van der Waals surface area contributed by atoms with Gasteiger partial charge in [-0.1, -0.05) is 13.8 Å². The molecule has 1 atom stereocenters. The van der Waals surface area contributed by atoms with E-state index in [1.54, 1.807) is 18.3 Å². The van der Waals surface area contributed by atoms with Crippen LogP contribution in [-0.4, -0.2) is 51.5 Å². The molecule has 0 aliphatic carbocycles. The zero-order valence-corrected chi connectivity index (χ0v) is 14.2. The van der Waals surface area contributed by atoms with Crippen LogP contribution in [0.4, 0.5) is 5.82 Å². The van der Waals surface area contributed by atoms with Crippen molar-refractivity contribution in [3.8, 4) is 0 Å². The van der Waals surface area contributed by atoms with Crippen molar-refractivity contribution in [1.29, 1.82) is 0 Å². The Morgan fingerprint density at radius 2 is 2.00 bits per heavy atom. The molecule has 1 rings (SSSR count). The molecule has 0 radical (unpaired) electrons. The fourth-order valence-corrected chi connectivity index (χ4v) is 3.46. The highest BCUT2D eigenvalue weighted by molar-refractivity contribution is 7.89. The number of sulfonamides is 1. The maximum absolute atomic E-state index is 12.6. The van der Waals surface area contributed by atoms with Crippen LogP contribution < -0.4 is 10.0 Å². The van der Waals surface area contributed by atoms with Crippen molar-refractivity contribution in [3.05, 3.63) is 18.3 Å². The van der Waals surface area contributed by atoms with Gasteiger partial charge < -0.3 is 10.2 Å². The number of pyridine rings is 1. The Balaban J connectivity index is 3.04. The third-order valence-electron chi connectivity index (χ3n) is 3.08. The topological polar surface area (TPSA) is 74.3 Å². The monoisotopic (exact) mass is 314 g/mol. The van der Waals surface area contributed by atoms with Crippen LogP contribution in [0.3, 0.4) is 0 Å². The first-order valence-corrected chi connectivity index (χ1v) is 8.62. The van der Waals surface area contributed by atoms with E-state index in [0.717, 1.165) is 0 Å². The van der Waals surface area contributed by atoms with Gasteiger partial charge >= 0.3 is 0 Å². The maximum Gasteiger partial charge on any atom is 0.244 e. The molecule has 2 N–H and O–H groups in total. The van der Waals surface area contributed by atoms with Gasteiger partial charge in [-0.2, -0.15) is 0 Å². The van der Waals surface area contributed by atoms with Crippen LogP contribution in [0.2, 0.25) is 0 Å². The summed E-state index contributed by atoms with van der Waals surface area (Å²) in [7, 11) is 0.252. The summed E-state index contributed by atoms with van der Waals surface area (Å²) in [5, 5.41) is 2.98. The normalized spacial score (nSPS) is 13.7. The van der Waals surface area contributed by atoms with Gasteiger partial charge in [-0.15, -0.1) is 0 Å². The average Bonchev–Trinajstić information content (AvgIpc) is 2.38. The minimum Gasteiger partial charge on any atom is -0.369 e. The lowest BCUT2D eigenvalue weighted by atomic mass is 10.1. The van der Waals surface area contributed by atoms with Gasteiger partial charge in [0.25, 0.3) is 0 Å². The van der Waals surface area contributed by atoms with Gasteiger partial charge in [-0.25, -0.2) is 18.1 Å². The second-order valence-electron chi connectivity index (χ2n) is 5.61. The molecule has 0 amide bonds. The second-order valence-corrected chi connectivity index (χ2v) is 7.30. The Hall–Kier alpha value is -1.18. The highest BCUT2D eigenvalue weighted by atomic mass is 32.2. The SMILES string of the molecule is CCNc1ncccc1S(=O)(=O)NC(CN(C)C)C(C)C. The largest absolute Gasteiger partial charge is 0.369 e. The van der Waals surface area contributed by atoms with E-state index in [9.17, 15) is 8.42 Å². The molecule has 0 fully saturated rings. The number of hydrogen-bond donors (Lipinski definition) is 2. The molecule has 6 nitrogen and oxygen atoms in total. The summed E-state index contributed by atoms with van der Waals surface area (Å²) in [5.74, 6) is 0.585. The Morgan fingerprint density at radius 1 is 1.33 bits per heavy atom. The van der Waals surface area contributed by atoms with Crippen molar-refractivity contribution in [2.45, 2.75) is 31.7 Å². The quantitative estimate of drug-likeness (QED) is 0.758. The van der Waals surface area contributed by atoms with Gasteiger partial charge in [0.05, 0.1) is 0 Å². The van der Waals surface area contributed by atoms with Gasteiger partial charge in [0.15, 0.2) is 0 Å². The molecule has 7 heteroatoms.